The van der Waals surface area contributed by atoms with Crippen molar-refractivity contribution in [3.8, 4) is 5.69 Å². The normalized spacial score (nSPS) is 12.2. The number of H-pyrrole nitrogens is 1. The van der Waals surface area contributed by atoms with Crippen LogP contribution in [0, 0.1) is 0 Å². The summed E-state index contributed by atoms with van der Waals surface area (Å²) in [5.74, 6) is 0. The number of imidazole rings is 1. The summed E-state index contributed by atoms with van der Waals surface area (Å²) in [5.41, 5.74) is 7.30. The Kier molecular flexibility index (Phi) is 3.11. The molecular formula is C29H17N3O. The fourth-order valence-corrected chi connectivity index (χ4v) is 5.22. The zero-order valence-corrected chi connectivity index (χ0v) is 17.5. The third-order valence-corrected chi connectivity index (χ3v) is 6.80. The number of para-hydroxylation sites is 2. The van der Waals surface area contributed by atoms with Gasteiger partial charge >= 0.3 is 0 Å². The number of nitrogens with zero attached hydrogens (tertiary/aromatic N) is 2. The van der Waals surface area contributed by atoms with Crippen LogP contribution < -0.4 is 0 Å². The predicted molar refractivity (Wildman–Crippen MR) is 135 cm³/mol. The summed E-state index contributed by atoms with van der Waals surface area (Å²) in [4.78, 5) is 8.40. The van der Waals surface area contributed by atoms with E-state index in [9.17, 15) is 0 Å². The van der Waals surface area contributed by atoms with Gasteiger partial charge < -0.3 is 9.40 Å². The topological polar surface area (TPSA) is 46.8 Å². The van der Waals surface area contributed by atoms with E-state index in [2.05, 4.69) is 76.3 Å². The first-order chi connectivity index (χ1) is 16.3. The minimum absolute atomic E-state index is 0.900. The molecule has 0 spiro atoms. The Morgan fingerprint density at radius 1 is 0.636 bits per heavy atom. The number of nitrogens with one attached hydrogen (secondary N) is 1. The number of furan rings is 1. The van der Waals surface area contributed by atoms with Gasteiger partial charge in [0.15, 0.2) is 0 Å². The van der Waals surface area contributed by atoms with Crippen LogP contribution in [0.15, 0.2) is 102 Å². The lowest BCUT2D eigenvalue weighted by Gasteiger charge is -2.06. The van der Waals surface area contributed by atoms with Gasteiger partial charge in [0.2, 0.25) is 0 Å². The third kappa shape index (κ3) is 2.27. The highest BCUT2D eigenvalue weighted by Crippen LogP contribution is 2.35. The molecule has 0 saturated heterocycles. The number of benzene rings is 5. The maximum absolute atomic E-state index is 6.01. The molecule has 1 N–H and O–H groups in total. The highest BCUT2D eigenvalue weighted by atomic mass is 16.3. The fraction of sp³-hybridized carbons (Fsp3) is 0. The van der Waals surface area contributed by atoms with Crippen LogP contribution in [0.25, 0.3) is 71.2 Å². The van der Waals surface area contributed by atoms with E-state index in [4.69, 9.17) is 9.40 Å². The van der Waals surface area contributed by atoms with Gasteiger partial charge in [0, 0.05) is 43.7 Å². The Labute approximate surface area is 187 Å². The lowest BCUT2D eigenvalue weighted by atomic mass is 10.0. The molecule has 8 rings (SSSR count). The van der Waals surface area contributed by atoms with E-state index in [1.54, 1.807) is 0 Å². The number of fused-ring (bicyclic) bond motifs is 9. The molecule has 0 amide bonds. The molecule has 4 heteroatoms. The van der Waals surface area contributed by atoms with E-state index in [0.717, 1.165) is 49.7 Å². The molecule has 154 valence electrons. The molecule has 0 radical (unpaired) electrons. The van der Waals surface area contributed by atoms with Gasteiger partial charge in [0.25, 0.3) is 0 Å². The van der Waals surface area contributed by atoms with Crippen LogP contribution >= 0.6 is 0 Å². The van der Waals surface area contributed by atoms with Gasteiger partial charge in [-0.1, -0.05) is 42.5 Å². The van der Waals surface area contributed by atoms with Crippen molar-refractivity contribution >= 4 is 65.6 Å². The van der Waals surface area contributed by atoms with E-state index in [0.29, 0.717) is 0 Å². The van der Waals surface area contributed by atoms with Crippen LogP contribution in [-0.2, 0) is 0 Å². The summed E-state index contributed by atoms with van der Waals surface area (Å²) >= 11 is 0. The Balaban J connectivity index is 1.40. The summed E-state index contributed by atoms with van der Waals surface area (Å²) in [7, 11) is 0. The van der Waals surface area contributed by atoms with Gasteiger partial charge in [-0.15, -0.1) is 0 Å². The molecule has 0 bridgehead atoms. The summed E-state index contributed by atoms with van der Waals surface area (Å²) < 4.78 is 8.17. The lowest BCUT2D eigenvalue weighted by molar-refractivity contribution is 0.669. The van der Waals surface area contributed by atoms with Crippen LogP contribution in [0.1, 0.15) is 0 Å². The van der Waals surface area contributed by atoms with Crippen molar-refractivity contribution < 1.29 is 4.42 Å². The maximum atomic E-state index is 6.01. The van der Waals surface area contributed by atoms with Crippen molar-refractivity contribution in [1.29, 1.82) is 0 Å². The molecule has 3 aromatic heterocycles. The molecule has 4 nitrogen and oxygen atoms in total. The van der Waals surface area contributed by atoms with E-state index in [1.165, 1.54) is 21.5 Å². The first kappa shape index (κ1) is 17.0. The second-order valence-corrected chi connectivity index (χ2v) is 8.62. The highest BCUT2D eigenvalue weighted by Gasteiger charge is 2.13. The first-order valence-electron chi connectivity index (χ1n) is 11.1. The van der Waals surface area contributed by atoms with Crippen molar-refractivity contribution in [2.24, 2.45) is 0 Å². The highest BCUT2D eigenvalue weighted by molar-refractivity contribution is 6.16. The predicted octanol–water partition coefficient (Wildman–Crippen LogP) is 7.71. The number of aromatic nitrogens is 3. The second-order valence-electron chi connectivity index (χ2n) is 8.62. The lowest BCUT2D eigenvalue weighted by Crippen LogP contribution is -1.91. The molecule has 0 aliphatic carbocycles. The van der Waals surface area contributed by atoms with Crippen LogP contribution in [0.2, 0.25) is 0 Å². The second kappa shape index (κ2) is 6.02. The Hall–Kier alpha value is -4.57. The molecule has 3 heterocycles. The SMILES string of the molecule is c1ccc2c(c1)[nH]c1cc3ccc4c(ncn4-c4ccc5oc6ccccc6c5c4)c3cc12. The average molecular weight is 423 g/mol. The van der Waals surface area contributed by atoms with Gasteiger partial charge in [-0.05, 0) is 53.9 Å². The van der Waals surface area contributed by atoms with Crippen molar-refractivity contribution in [2.45, 2.75) is 0 Å². The van der Waals surface area contributed by atoms with Gasteiger partial charge in [0.05, 0.1) is 11.0 Å². The first-order valence-corrected chi connectivity index (χ1v) is 11.1. The van der Waals surface area contributed by atoms with E-state index >= 15 is 0 Å². The Bertz CT molecular complexity index is 2040. The standard InChI is InChI=1S/C29H17N3O/c1-3-7-24-19(5-1)22-15-21-17(13-25(22)31-24)9-11-26-29(21)30-16-32(26)18-10-12-28-23(14-18)20-6-2-4-8-27(20)33-28/h1-16,31H. The van der Waals surface area contributed by atoms with Crippen molar-refractivity contribution in [1.82, 2.24) is 14.5 Å². The van der Waals surface area contributed by atoms with Crippen LogP contribution in [0.3, 0.4) is 0 Å². The minimum atomic E-state index is 0.900. The van der Waals surface area contributed by atoms with E-state index in [-0.39, 0.29) is 0 Å². The van der Waals surface area contributed by atoms with Crippen LogP contribution in [0.4, 0.5) is 0 Å². The molecule has 0 unspecified atom stereocenters. The number of aromatic amines is 1. The van der Waals surface area contributed by atoms with Crippen molar-refractivity contribution in [3.63, 3.8) is 0 Å². The summed E-state index contributed by atoms with van der Waals surface area (Å²) in [6, 6.07) is 31.8. The summed E-state index contributed by atoms with van der Waals surface area (Å²) in [6.45, 7) is 0. The smallest absolute Gasteiger partial charge is 0.135 e. The van der Waals surface area contributed by atoms with Gasteiger partial charge in [0.1, 0.15) is 17.5 Å². The van der Waals surface area contributed by atoms with Gasteiger partial charge in [-0.2, -0.15) is 0 Å². The Morgan fingerprint density at radius 3 is 2.45 bits per heavy atom. The zero-order valence-electron chi connectivity index (χ0n) is 17.5. The van der Waals surface area contributed by atoms with Gasteiger partial charge in [-0.3, -0.25) is 4.57 Å². The van der Waals surface area contributed by atoms with Gasteiger partial charge in [-0.25, -0.2) is 4.98 Å². The van der Waals surface area contributed by atoms with Crippen molar-refractivity contribution in [2.75, 3.05) is 0 Å². The molecule has 0 atom stereocenters. The largest absolute Gasteiger partial charge is 0.456 e. The number of hydrogen-bond donors (Lipinski definition) is 1. The average Bonchev–Trinajstić information content (AvgIpc) is 3.55. The zero-order chi connectivity index (χ0) is 21.5. The Morgan fingerprint density at radius 2 is 1.48 bits per heavy atom. The monoisotopic (exact) mass is 423 g/mol. The molecule has 33 heavy (non-hydrogen) atoms. The van der Waals surface area contributed by atoms with E-state index < -0.39 is 0 Å². The third-order valence-electron chi connectivity index (χ3n) is 6.80. The van der Waals surface area contributed by atoms with Crippen LogP contribution in [0.5, 0.6) is 0 Å². The fourth-order valence-electron chi connectivity index (χ4n) is 5.22. The maximum Gasteiger partial charge on any atom is 0.135 e. The summed E-state index contributed by atoms with van der Waals surface area (Å²) in [5, 5.41) is 7.06. The van der Waals surface area contributed by atoms with Crippen LogP contribution in [-0.4, -0.2) is 14.5 Å². The van der Waals surface area contributed by atoms with Crippen molar-refractivity contribution in [3.05, 3.63) is 97.3 Å². The molecule has 0 saturated carbocycles. The molecule has 0 fully saturated rings. The molecule has 8 aromatic rings. The number of rotatable bonds is 1. The minimum Gasteiger partial charge on any atom is -0.456 e. The number of hydrogen-bond acceptors (Lipinski definition) is 2. The summed E-state index contributed by atoms with van der Waals surface area (Å²) in [6.07, 6.45) is 1.92. The molecule has 0 aliphatic heterocycles. The quantitative estimate of drug-likeness (QED) is 0.294. The molecule has 5 aromatic carbocycles. The molecule has 0 aliphatic rings. The molecular weight excluding hydrogens is 406 g/mol. The van der Waals surface area contributed by atoms with E-state index in [1.807, 2.05) is 30.6 Å².